The van der Waals surface area contributed by atoms with Gasteiger partial charge in [0, 0.05) is 48.9 Å². The average molecular weight is 455 g/mol. The fourth-order valence-corrected chi connectivity index (χ4v) is 4.94. The smallest absolute Gasteiger partial charge is 0.172 e. The van der Waals surface area contributed by atoms with Gasteiger partial charge in [-0.1, -0.05) is 36.4 Å². The summed E-state index contributed by atoms with van der Waals surface area (Å²) in [6, 6.07) is 14.2. The van der Waals surface area contributed by atoms with Gasteiger partial charge in [-0.2, -0.15) is 9.61 Å². The minimum Gasteiger partial charge on any atom is -0.372 e. The van der Waals surface area contributed by atoms with Gasteiger partial charge in [0.25, 0.3) is 0 Å². The van der Waals surface area contributed by atoms with Crippen LogP contribution in [0.5, 0.6) is 0 Å². The fraction of sp³-hybridized carbons (Fsp3) is 0.308. The van der Waals surface area contributed by atoms with Crippen LogP contribution in [0.3, 0.4) is 0 Å². The molecule has 34 heavy (non-hydrogen) atoms. The monoisotopic (exact) mass is 454 g/mol. The van der Waals surface area contributed by atoms with Crippen molar-refractivity contribution < 1.29 is 9.53 Å². The number of Topliss-reactive ketones (excluding diaryl/α,β-unsaturated/α-hetero) is 1. The third-order valence-electron chi connectivity index (χ3n) is 6.41. The maximum absolute atomic E-state index is 13.0. The summed E-state index contributed by atoms with van der Waals surface area (Å²) in [5.41, 5.74) is 5.12. The standard InChI is InChI=1S/C26H26N6O2/c1-16-14-31(15-17(2)34-16)26-23-22(33)10-11-27-25(23)32-24(30-26)20(13-29-32)19-8-9-21(28-12-19)18-6-4-3-5-7-18/h3-9,12-13,16-17,27H,10-11,14-15H2,1-2H3/t16-,17+. The van der Waals surface area contributed by atoms with Gasteiger partial charge in [0.2, 0.25) is 0 Å². The van der Waals surface area contributed by atoms with Crippen molar-refractivity contribution in [1.29, 1.82) is 0 Å². The predicted molar refractivity (Wildman–Crippen MR) is 131 cm³/mol. The Morgan fingerprint density at radius 3 is 2.53 bits per heavy atom. The van der Waals surface area contributed by atoms with E-state index in [1.807, 2.05) is 48.7 Å². The molecular weight excluding hydrogens is 428 g/mol. The molecule has 6 rings (SSSR count). The van der Waals surface area contributed by atoms with Crippen molar-refractivity contribution in [1.82, 2.24) is 19.6 Å². The first-order chi connectivity index (χ1) is 16.6. The molecule has 4 aromatic rings. The molecule has 1 N–H and O–H groups in total. The Balaban J connectivity index is 1.48. The van der Waals surface area contributed by atoms with Crippen LogP contribution < -0.4 is 10.2 Å². The van der Waals surface area contributed by atoms with E-state index in [-0.39, 0.29) is 18.0 Å². The highest BCUT2D eigenvalue weighted by atomic mass is 16.5. The highest BCUT2D eigenvalue weighted by molar-refractivity contribution is 6.07. The van der Waals surface area contributed by atoms with Crippen LogP contribution in [-0.2, 0) is 4.74 Å². The van der Waals surface area contributed by atoms with Crippen LogP contribution in [0.4, 0.5) is 11.6 Å². The Morgan fingerprint density at radius 2 is 1.79 bits per heavy atom. The van der Waals surface area contributed by atoms with E-state index in [0.29, 0.717) is 48.9 Å². The van der Waals surface area contributed by atoms with Crippen molar-refractivity contribution in [2.45, 2.75) is 32.5 Å². The minimum absolute atomic E-state index is 0.0585. The number of rotatable bonds is 3. The molecule has 2 atom stereocenters. The van der Waals surface area contributed by atoms with Gasteiger partial charge in [-0.25, -0.2) is 4.98 Å². The number of carbonyl (C=O) groups is 1. The van der Waals surface area contributed by atoms with E-state index in [9.17, 15) is 4.79 Å². The zero-order valence-corrected chi connectivity index (χ0v) is 19.2. The summed E-state index contributed by atoms with van der Waals surface area (Å²) in [6.45, 7) is 6.06. The first-order valence-electron chi connectivity index (χ1n) is 11.7. The molecule has 2 aliphatic heterocycles. The number of anilines is 2. The number of fused-ring (bicyclic) bond motifs is 3. The predicted octanol–water partition coefficient (Wildman–Crippen LogP) is 4.07. The molecule has 0 bridgehead atoms. The number of aromatic nitrogens is 4. The second-order valence-corrected chi connectivity index (χ2v) is 9.01. The second-order valence-electron chi connectivity index (χ2n) is 9.01. The fourth-order valence-electron chi connectivity index (χ4n) is 4.94. The molecule has 0 saturated carbocycles. The van der Waals surface area contributed by atoms with Crippen molar-refractivity contribution >= 4 is 23.1 Å². The molecule has 0 spiro atoms. The van der Waals surface area contributed by atoms with E-state index < -0.39 is 0 Å². The molecule has 1 saturated heterocycles. The first-order valence-corrected chi connectivity index (χ1v) is 11.7. The lowest BCUT2D eigenvalue weighted by Gasteiger charge is -2.37. The normalized spacial score (nSPS) is 20.3. The van der Waals surface area contributed by atoms with Gasteiger partial charge >= 0.3 is 0 Å². The van der Waals surface area contributed by atoms with Crippen LogP contribution in [0.15, 0.2) is 54.9 Å². The van der Waals surface area contributed by atoms with Gasteiger partial charge in [-0.3, -0.25) is 9.78 Å². The van der Waals surface area contributed by atoms with Crippen LogP contribution in [-0.4, -0.2) is 57.2 Å². The number of carbonyl (C=O) groups excluding carboxylic acids is 1. The average Bonchev–Trinajstić information content (AvgIpc) is 3.28. The van der Waals surface area contributed by atoms with Crippen molar-refractivity contribution in [3.05, 3.63) is 60.4 Å². The van der Waals surface area contributed by atoms with Gasteiger partial charge in [-0.15, -0.1) is 0 Å². The van der Waals surface area contributed by atoms with Gasteiger partial charge in [0.15, 0.2) is 11.4 Å². The van der Waals surface area contributed by atoms with Crippen molar-refractivity contribution in [3.63, 3.8) is 0 Å². The third kappa shape index (κ3) is 3.51. The molecule has 0 radical (unpaired) electrons. The van der Waals surface area contributed by atoms with Gasteiger partial charge in [0.05, 0.1) is 24.1 Å². The van der Waals surface area contributed by atoms with E-state index in [1.165, 1.54) is 0 Å². The lowest BCUT2D eigenvalue weighted by atomic mass is 10.0. The van der Waals surface area contributed by atoms with Crippen LogP contribution in [0, 0.1) is 0 Å². The van der Waals surface area contributed by atoms with E-state index >= 15 is 0 Å². The number of nitrogens with one attached hydrogen (secondary N) is 1. The SMILES string of the molecule is C[C@@H]1CN(c2nc3c(-c4ccc(-c5ccccc5)nc4)cnn3c3c2C(=O)CCN3)C[C@H](C)O1. The Labute approximate surface area is 197 Å². The third-order valence-corrected chi connectivity index (χ3v) is 6.41. The molecule has 172 valence electrons. The maximum atomic E-state index is 13.0. The topological polar surface area (TPSA) is 84.7 Å². The summed E-state index contributed by atoms with van der Waals surface area (Å²) < 4.78 is 7.68. The Morgan fingerprint density at radius 1 is 1.00 bits per heavy atom. The largest absolute Gasteiger partial charge is 0.372 e. The summed E-state index contributed by atoms with van der Waals surface area (Å²) in [4.78, 5) is 24.9. The van der Waals surface area contributed by atoms with Crippen LogP contribution in [0.1, 0.15) is 30.6 Å². The number of hydrogen-bond donors (Lipinski definition) is 1. The molecule has 1 fully saturated rings. The molecule has 5 heterocycles. The summed E-state index contributed by atoms with van der Waals surface area (Å²) in [5.74, 6) is 1.51. The maximum Gasteiger partial charge on any atom is 0.172 e. The molecular formula is C26H26N6O2. The summed E-state index contributed by atoms with van der Waals surface area (Å²) in [6.07, 6.45) is 4.22. The van der Waals surface area contributed by atoms with Gasteiger partial charge < -0.3 is 15.0 Å². The van der Waals surface area contributed by atoms with Crippen molar-refractivity contribution in [2.75, 3.05) is 29.9 Å². The minimum atomic E-state index is 0.0585. The number of benzene rings is 1. The zero-order valence-electron chi connectivity index (χ0n) is 19.2. The molecule has 0 amide bonds. The molecule has 3 aromatic heterocycles. The Bertz CT molecular complexity index is 1360. The van der Waals surface area contributed by atoms with E-state index in [2.05, 4.69) is 34.1 Å². The van der Waals surface area contributed by atoms with Crippen molar-refractivity contribution in [2.24, 2.45) is 0 Å². The molecule has 2 aliphatic rings. The van der Waals surface area contributed by atoms with Crippen molar-refractivity contribution in [3.8, 4) is 22.4 Å². The van der Waals surface area contributed by atoms with Crippen LogP contribution in [0.25, 0.3) is 28.0 Å². The van der Waals surface area contributed by atoms with E-state index in [1.54, 1.807) is 10.7 Å². The molecule has 0 aliphatic carbocycles. The number of ether oxygens (including phenoxy) is 1. The summed E-state index contributed by atoms with van der Waals surface area (Å²) >= 11 is 0. The summed E-state index contributed by atoms with van der Waals surface area (Å²) in [5, 5.41) is 8.01. The lowest BCUT2D eigenvalue weighted by Crippen LogP contribution is -2.46. The Kier molecular flexibility index (Phi) is 5.03. The Hall–Kier alpha value is -3.78. The first kappa shape index (κ1) is 20.8. The number of ketones is 1. The number of pyridine rings is 1. The van der Waals surface area contributed by atoms with Crippen LogP contribution in [0.2, 0.25) is 0 Å². The van der Waals surface area contributed by atoms with Gasteiger partial charge in [0.1, 0.15) is 17.2 Å². The summed E-state index contributed by atoms with van der Waals surface area (Å²) in [7, 11) is 0. The number of nitrogens with zero attached hydrogens (tertiary/aromatic N) is 5. The van der Waals surface area contributed by atoms with Gasteiger partial charge in [-0.05, 0) is 19.9 Å². The van der Waals surface area contributed by atoms with Crippen LogP contribution >= 0.6 is 0 Å². The molecule has 8 nitrogen and oxygen atoms in total. The molecule has 1 aromatic carbocycles. The number of morpholine rings is 1. The van der Waals surface area contributed by atoms with E-state index in [0.717, 1.165) is 22.4 Å². The lowest BCUT2D eigenvalue weighted by molar-refractivity contribution is -0.00550. The highest BCUT2D eigenvalue weighted by Gasteiger charge is 2.32. The van der Waals surface area contributed by atoms with E-state index in [4.69, 9.17) is 9.72 Å². The quantitative estimate of drug-likeness (QED) is 0.499. The number of hydrogen-bond acceptors (Lipinski definition) is 7. The second kappa shape index (κ2) is 8.22. The molecule has 0 unspecified atom stereocenters. The zero-order chi connectivity index (χ0) is 23.2. The molecule has 8 heteroatoms. The highest BCUT2D eigenvalue weighted by Crippen LogP contribution is 2.35.